The first-order valence-corrected chi connectivity index (χ1v) is 15.4. The Hall–Kier alpha value is -3.18. The monoisotopic (exact) mass is 575 g/mol. The summed E-state index contributed by atoms with van der Waals surface area (Å²) < 4.78 is 57.6. The lowest BCUT2D eigenvalue weighted by molar-refractivity contribution is -0.186. The van der Waals surface area contributed by atoms with Gasteiger partial charge in [0.25, 0.3) is 0 Å². The molecule has 0 radical (unpaired) electrons. The number of sulfone groups is 1. The van der Waals surface area contributed by atoms with E-state index in [1.807, 2.05) is 25.3 Å². The Balaban J connectivity index is 1.55. The summed E-state index contributed by atoms with van der Waals surface area (Å²) in [6.45, 7) is 3.18. The first-order valence-electron chi connectivity index (χ1n) is 13.3. The van der Waals surface area contributed by atoms with Crippen LogP contribution < -0.4 is 10.1 Å². The molecule has 0 amide bonds. The number of nitrogens with one attached hydrogen (secondary N) is 2. The number of alkyl halides is 2. The molecule has 216 valence electrons. The number of carboxylic acids is 1. The number of fused-ring (bicyclic) bond motifs is 1. The molecular formula is C29H35F2N3O5S. The standard InChI is InChI=1S/C29H35F2N3O5S/c1-18-12-25(39-2)22(20-6-8-33-26(18)20)15-34-10-7-28(16-29(30,31)17-28)14-24(34)21-5-4-19(27(35)36)13-23(21)32-9-11-40(3,37)38/h4-6,8,12-13,24,32-33H,7,9-11,14-17H2,1-3H3,(H,35,36)/t24-/m0/s1. The maximum absolute atomic E-state index is 14.1. The highest BCUT2D eigenvalue weighted by Crippen LogP contribution is 2.61. The van der Waals surface area contributed by atoms with Crippen LogP contribution in [0.15, 0.2) is 36.5 Å². The van der Waals surface area contributed by atoms with Crippen LogP contribution in [0.5, 0.6) is 5.75 Å². The van der Waals surface area contributed by atoms with E-state index in [-0.39, 0.29) is 36.7 Å². The number of carboxylic acid groups (broad SMARTS) is 1. The lowest BCUT2D eigenvalue weighted by Crippen LogP contribution is -2.53. The SMILES string of the molecule is COc1cc(C)c2[nH]ccc2c1CN1CCC2(C[C@H]1c1ccc(C(=O)O)cc1NCCS(C)(=O)=O)CC(F)(F)C2. The van der Waals surface area contributed by atoms with Crippen LogP contribution in [0.3, 0.4) is 0 Å². The van der Waals surface area contributed by atoms with Crippen LogP contribution in [0.2, 0.25) is 0 Å². The number of anilines is 1. The van der Waals surface area contributed by atoms with Crippen LogP contribution in [0.25, 0.3) is 10.9 Å². The molecule has 2 aliphatic rings. The number of ether oxygens (including phenoxy) is 1. The summed E-state index contributed by atoms with van der Waals surface area (Å²) >= 11 is 0. The van der Waals surface area contributed by atoms with Crippen molar-refractivity contribution in [3.63, 3.8) is 0 Å². The molecule has 11 heteroatoms. The zero-order valence-electron chi connectivity index (χ0n) is 22.9. The molecule has 1 atom stereocenters. The second kappa shape index (κ2) is 10.3. The van der Waals surface area contributed by atoms with Gasteiger partial charge in [0, 0.05) is 66.6 Å². The third kappa shape index (κ3) is 5.67. The van der Waals surface area contributed by atoms with Gasteiger partial charge in [0.05, 0.1) is 18.4 Å². The number of carbonyl (C=O) groups is 1. The molecule has 1 spiro atoms. The lowest BCUT2D eigenvalue weighted by atomic mass is 9.58. The van der Waals surface area contributed by atoms with E-state index in [2.05, 4.69) is 15.2 Å². The highest BCUT2D eigenvalue weighted by atomic mass is 32.2. The van der Waals surface area contributed by atoms with Crippen molar-refractivity contribution in [2.45, 2.75) is 51.1 Å². The van der Waals surface area contributed by atoms with Crippen LogP contribution in [-0.2, 0) is 16.4 Å². The minimum atomic E-state index is -3.25. The molecule has 1 aliphatic carbocycles. The van der Waals surface area contributed by atoms with Crippen LogP contribution in [0.1, 0.15) is 58.8 Å². The molecule has 1 saturated carbocycles. The third-order valence-corrected chi connectivity index (χ3v) is 9.35. The Morgan fingerprint density at radius 1 is 1.25 bits per heavy atom. The van der Waals surface area contributed by atoms with Crippen molar-refractivity contribution in [1.29, 1.82) is 0 Å². The summed E-state index contributed by atoms with van der Waals surface area (Å²) in [5.74, 6) is -3.16. The minimum absolute atomic E-state index is 0.0621. The molecule has 1 aromatic heterocycles. The zero-order chi connectivity index (χ0) is 28.9. The number of piperidine rings is 1. The maximum Gasteiger partial charge on any atom is 0.335 e. The Labute approximate surface area is 232 Å². The first-order chi connectivity index (χ1) is 18.8. The van der Waals surface area contributed by atoms with Crippen LogP contribution in [-0.4, -0.2) is 67.5 Å². The van der Waals surface area contributed by atoms with Gasteiger partial charge in [0.1, 0.15) is 15.6 Å². The van der Waals surface area contributed by atoms with E-state index >= 15 is 0 Å². The fourth-order valence-electron chi connectivity index (χ4n) is 6.53. The number of hydrogen-bond acceptors (Lipinski definition) is 6. The molecular weight excluding hydrogens is 540 g/mol. The van der Waals surface area contributed by atoms with Crippen molar-refractivity contribution in [3.05, 3.63) is 58.8 Å². The summed E-state index contributed by atoms with van der Waals surface area (Å²) in [5, 5.41) is 13.8. The van der Waals surface area contributed by atoms with Gasteiger partial charge in [-0.15, -0.1) is 0 Å². The Morgan fingerprint density at radius 3 is 2.65 bits per heavy atom. The van der Waals surface area contributed by atoms with Gasteiger partial charge in [-0.1, -0.05) is 6.07 Å². The van der Waals surface area contributed by atoms with Crippen molar-refractivity contribution in [1.82, 2.24) is 9.88 Å². The average Bonchev–Trinajstić information content (AvgIpc) is 3.35. The number of aryl methyl sites for hydroxylation is 1. The number of aromatic carboxylic acids is 1. The second-order valence-corrected chi connectivity index (χ2v) is 13.7. The van der Waals surface area contributed by atoms with E-state index < -0.39 is 27.1 Å². The van der Waals surface area contributed by atoms with E-state index in [9.17, 15) is 27.1 Å². The van der Waals surface area contributed by atoms with Crippen molar-refractivity contribution in [2.24, 2.45) is 5.41 Å². The predicted octanol–water partition coefficient (Wildman–Crippen LogP) is 5.39. The second-order valence-electron chi connectivity index (χ2n) is 11.5. The van der Waals surface area contributed by atoms with E-state index in [1.165, 1.54) is 12.1 Å². The fourth-order valence-corrected chi connectivity index (χ4v) is 7.00. The maximum atomic E-state index is 14.1. The van der Waals surface area contributed by atoms with Crippen LogP contribution in [0, 0.1) is 12.3 Å². The van der Waals surface area contributed by atoms with E-state index in [0.29, 0.717) is 31.6 Å². The molecule has 40 heavy (non-hydrogen) atoms. The number of likely N-dealkylation sites (tertiary alicyclic amines) is 1. The van der Waals surface area contributed by atoms with Gasteiger partial charge in [-0.25, -0.2) is 22.0 Å². The number of hydrogen-bond donors (Lipinski definition) is 3. The van der Waals surface area contributed by atoms with Gasteiger partial charge in [0.2, 0.25) is 5.92 Å². The van der Waals surface area contributed by atoms with Gasteiger partial charge in [-0.2, -0.15) is 0 Å². The fraction of sp³-hybridized carbons (Fsp3) is 0.483. The summed E-state index contributed by atoms with van der Waals surface area (Å²) in [7, 11) is -1.62. The quantitative estimate of drug-likeness (QED) is 0.314. The van der Waals surface area contributed by atoms with E-state index in [0.717, 1.165) is 39.6 Å². The number of aromatic amines is 1. The topological polar surface area (TPSA) is 112 Å². The minimum Gasteiger partial charge on any atom is -0.496 e. The number of rotatable bonds is 9. The Morgan fingerprint density at radius 2 is 2.00 bits per heavy atom. The van der Waals surface area contributed by atoms with Gasteiger partial charge < -0.3 is 20.1 Å². The predicted molar refractivity (Wildman–Crippen MR) is 150 cm³/mol. The molecule has 0 unspecified atom stereocenters. The van der Waals surface area contributed by atoms with Crippen molar-refractivity contribution in [3.8, 4) is 5.75 Å². The van der Waals surface area contributed by atoms with Gasteiger partial charge in [-0.05, 0) is 67.1 Å². The number of benzene rings is 2. The van der Waals surface area contributed by atoms with Crippen molar-refractivity contribution >= 4 is 32.4 Å². The highest BCUT2D eigenvalue weighted by molar-refractivity contribution is 7.90. The molecule has 2 fully saturated rings. The molecule has 5 rings (SSSR count). The van der Waals surface area contributed by atoms with Crippen LogP contribution >= 0.6 is 0 Å². The van der Waals surface area contributed by atoms with E-state index in [1.54, 1.807) is 13.2 Å². The van der Waals surface area contributed by atoms with Crippen LogP contribution in [0.4, 0.5) is 14.5 Å². The number of H-pyrrole nitrogens is 1. The molecule has 8 nitrogen and oxygen atoms in total. The van der Waals surface area contributed by atoms with Gasteiger partial charge in [-0.3, -0.25) is 4.90 Å². The highest BCUT2D eigenvalue weighted by Gasteiger charge is 2.58. The Bertz CT molecular complexity index is 1540. The largest absolute Gasteiger partial charge is 0.496 e. The molecule has 0 bridgehead atoms. The number of methoxy groups -OCH3 is 1. The molecule has 3 N–H and O–H groups in total. The average molecular weight is 576 g/mol. The van der Waals surface area contributed by atoms with E-state index in [4.69, 9.17) is 4.74 Å². The number of nitrogens with zero attached hydrogens (tertiary/aromatic N) is 1. The number of halogens is 2. The summed E-state index contributed by atoms with van der Waals surface area (Å²) in [4.78, 5) is 17.3. The summed E-state index contributed by atoms with van der Waals surface area (Å²) in [5.41, 5.74) is 3.88. The van der Waals surface area contributed by atoms with Crippen molar-refractivity contribution in [2.75, 3.05) is 37.5 Å². The molecule has 2 aromatic carbocycles. The molecule has 1 aliphatic heterocycles. The molecule has 2 heterocycles. The van der Waals surface area contributed by atoms with Gasteiger partial charge >= 0.3 is 5.97 Å². The third-order valence-electron chi connectivity index (χ3n) is 8.40. The summed E-state index contributed by atoms with van der Waals surface area (Å²) in [6, 6.07) is 8.45. The normalized spacial score (nSPS) is 20.4. The molecule has 1 saturated heterocycles. The lowest BCUT2D eigenvalue weighted by Gasteiger charge is -2.55. The Kier molecular flexibility index (Phi) is 7.33. The number of aromatic nitrogens is 1. The summed E-state index contributed by atoms with van der Waals surface area (Å²) in [6.07, 6.45) is 3.82. The van der Waals surface area contributed by atoms with Gasteiger partial charge in [0.15, 0.2) is 0 Å². The molecule has 3 aromatic rings. The smallest absolute Gasteiger partial charge is 0.335 e. The first kappa shape index (κ1) is 28.4. The van der Waals surface area contributed by atoms with Crippen molar-refractivity contribution < 1.29 is 31.8 Å². The zero-order valence-corrected chi connectivity index (χ0v) is 23.7.